The molecule has 0 aliphatic rings. The number of rotatable bonds is 9. The number of benzene rings is 1. The Hall–Kier alpha value is -1.62. The van der Waals surface area contributed by atoms with E-state index in [1.807, 2.05) is 38.1 Å². The van der Waals surface area contributed by atoms with Crippen LogP contribution in [0, 0.1) is 0 Å². The topological polar surface area (TPSA) is 48.0 Å². The second-order valence-electron chi connectivity index (χ2n) is 4.59. The summed E-state index contributed by atoms with van der Waals surface area (Å²) in [4.78, 5) is 13.3. The Morgan fingerprint density at radius 2 is 1.86 bits per heavy atom. The molecule has 6 heteroatoms. The van der Waals surface area contributed by atoms with Crippen molar-refractivity contribution in [1.29, 1.82) is 0 Å². The molecule has 0 spiro atoms. The van der Waals surface area contributed by atoms with Crippen molar-refractivity contribution in [2.75, 3.05) is 26.3 Å². The number of hydrogen-bond donors (Lipinski definition) is 0. The lowest BCUT2D eigenvalue weighted by molar-refractivity contribution is 0.0954. The monoisotopic (exact) mass is 329 g/mol. The van der Waals surface area contributed by atoms with Gasteiger partial charge >= 0.3 is 6.09 Å². The molecule has 1 aromatic carbocycles. The third kappa shape index (κ3) is 6.43. The molecule has 22 heavy (non-hydrogen) atoms. The smallest absolute Gasteiger partial charge is 0.411 e. The van der Waals surface area contributed by atoms with Gasteiger partial charge in [0, 0.05) is 13.1 Å². The normalized spacial score (nSPS) is 11.6. The van der Waals surface area contributed by atoms with Gasteiger partial charge in [-0.25, -0.2) is 4.79 Å². The third-order valence-corrected chi connectivity index (χ3v) is 2.97. The molecule has 0 fully saturated rings. The number of para-hydroxylation sites is 2. The maximum atomic E-state index is 11.7. The van der Waals surface area contributed by atoms with E-state index < -0.39 is 11.7 Å². The molecule has 0 bridgehead atoms. The Kier molecular flexibility index (Phi) is 8.51. The van der Waals surface area contributed by atoms with Gasteiger partial charge in [-0.1, -0.05) is 23.7 Å². The maximum Gasteiger partial charge on any atom is 0.411 e. The van der Waals surface area contributed by atoms with Gasteiger partial charge in [0.15, 0.2) is 17.1 Å². The molecule has 1 rings (SSSR count). The number of halogens is 1. The van der Waals surface area contributed by atoms with Crippen molar-refractivity contribution >= 4 is 17.7 Å². The lowest BCUT2D eigenvalue weighted by Gasteiger charge is -2.21. The van der Waals surface area contributed by atoms with Gasteiger partial charge in [0.25, 0.3) is 0 Å². The van der Waals surface area contributed by atoms with Crippen molar-refractivity contribution in [3.63, 3.8) is 0 Å². The molecule has 1 unspecified atom stereocenters. The molecular weight excluding hydrogens is 306 g/mol. The van der Waals surface area contributed by atoms with Gasteiger partial charge in [0.05, 0.1) is 13.2 Å². The molecule has 5 nitrogen and oxygen atoms in total. The lowest BCUT2D eigenvalue weighted by Crippen LogP contribution is -2.34. The number of carbonyl (C=O) groups excluding carboxylic acids is 1. The first-order valence-corrected chi connectivity index (χ1v) is 7.96. The summed E-state index contributed by atoms with van der Waals surface area (Å²) in [6.45, 7) is 7.64. The van der Waals surface area contributed by atoms with Crippen molar-refractivity contribution in [3.05, 3.63) is 24.3 Å². The predicted molar refractivity (Wildman–Crippen MR) is 86.8 cm³/mol. The van der Waals surface area contributed by atoms with E-state index in [1.54, 1.807) is 11.8 Å². The maximum absolute atomic E-state index is 11.7. The highest BCUT2D eigenvalue weighted by Crippen LogP contribution is 2.26. The average Bonchev–Trinajstić information content (AvgIpc) is 2.48. The van der Waals surface area contributed by atoms with E-state index in [2.05, 4.69) is 0 Å². The number of amides is 1. The predicted octanol–water partition coefficient (Wildman–Crippen LogP) is 3.90. The van der Waals surface area contributed by atoms with E-state index in [9.17, 15) is 4.79 Å². The minimum Gasteiger partial charge on any atom is -0.490 e. The summed E-state index contributed by atoms with van der Waals surface area (Å²) in [5.41, 5.74) is -0.629. The van der Waals surface area contributed by atoms with Gasteiger partial charge in [-0.3, -0.25) is 0 Å². The standard InChI is InChI=1S/C16H24ClNO4/c1-4-18(16(19)22-13(3)17)11-8-12-21-15-10-7-6-9-14(15)20-5-2/h6-7,9-10,13H,4-5,8,11-12H2,1-3H3. The quantitative estimate of drug-likeness (QED) is 0.509. The molecule has 0 aliphatic heterocycles. The summed E-state index contributed by atoms with van der Waals surface area (Å²) in [5.74, 6) is 1.44. The fourth-order valence-corrected chi connectivity index (χ4v) is 1.95. The van der Waals surface area contributed by atoms with E-state index in [1.165, 1.54) is 0 Å². The number of nitrogens with zero attached hydrogens (tertiary/aromatic N) is 1. The van der Waals surface area contributed by atoms with Crippen LogP contribution in [0.25, 0.3) is 0 Å². The van der Waals surface area contributed by atoms with Crippen LogP contribution in [0.5, 0.6) is 11.5 Å². The largest absolute Gasteiger partial charge is 0.490 e. The minimum atomic E-state index is -0.629. The van der Waals surface area contributed by atoms with Crippen LogP contribution in [0.1, 0.15) is 27.2 Å². The van der Waals surface area contributed by atoms with Crippen LogP contribution in [0.3, 0.4) is 0 Å². The fourth-order valence-electron chi connectivity index (χ4n) is 1.87. The Balaban J connectivity index is 2.39. The molecule has 0 aliphatic carbocycles. The molecule has 0 heterocycles. The first kappa shape index (κ1) is 18.4. The van der Waals surface area contributed by atoms with E-state index in [-0.39, 0.29) is 0 Å². The van der Waals surface area contributed by atoms with Crippen LogP contribution >= 0.6 is 11.6 Å². The van der Waals surface area contributed by atoms with Gasteiger partial charge in [-0.15, -0.1) is 0 Å². The van der Waals surface area contributed by atoms with Crippen LogP contribution in [-0.4, -0.2) is 42.9 Å². The average molecular weight is 330 g/mol. The zero-order valence-corrected chi connectivity index (χ0v) is 14.1. The molecule has 1 aromatic rings. The van der Waals surface area contributed by atoms with E-state index in [0.29, 0.717) is 38.5 Å². The van der Waals surface area contributed by atoms with E-state index in [0.717, 1.165) is 5.75 Å². The molecule has 1 atom stereocenters. The molecule has 1 amide bonds. The van der Waals surface area contributed by atoms with Crippen molar-refractivity contribution in [2.45, 2.75) is 32.8 Å². The van der Waals surface area contributed by atoms with Crippen molar-refractivity contribution in [3.8, 4) is 11.5 Å². The highest BCUT2D eigenvalue weighted by atomic mass is 35.5. The van der Waals surface area contributed by atoms with Crippen molar-refractivity contribution < 1.29 is 19.0 Å². The summed E-state index contributed by atoms with van der Waals surface area (Å²) < 4.78 is 16.2. The van der Waals surface area contributed by atoms with E-state index >= 15 is 0 Å². The first-order valence-electron chi connectivity index (χ1n) is 7.52. The van der Waals surface area contributed by atoms with Gasteiger partial charge in [0.1, 0.15) is 0 Å². The molecule has 0 radical (unpaired) electrons. The summed E-state index contributed by atoms with van der Waals surface area (Å²) in [5, 5.41) is 0. The van der Waals surface area contributed by atoms with Crippen LogP contribution in [0.15, 0.2) is 24.3 Å². The zero-order valence-electron chi connectivity index (χ0n) is 13.4. The number of alkyl halides is 1. The lowest BCUT2D eigenvalue weighted by atomic mass is 10.3. The second kappa shape index (κ2) is 10.2. The Labute approximate surface area is 137 Å². The molecule has 0 saturated carbocycles. The van der Waals surface area contributed by atoms with Crippen LogP contribution in [-0.2, 0) is 4.74 Å². The molecule has 0 aromatic heterocycles. The SMILES string of the molecule is CCOc1ccccc1OCCCN(CC)C(=O)OC(C)Cl. The van der Waals surface area contributed by atoms with Gasteiger partial charge < -0.3 is 19.1 Å². The first-order chi connectivity index (χ1) is 10.6. The molecule has 0 saturated heterocycles. The number of ether oxygens (including phenoxy) is 3. The summed E-state index contributed by atoms with van der Waals surface area (Å²) >= 11 is 5.65. The molecule has 124 valence electrons. The number of carbonyl (C=O) groups is 1. The van der Waals surface area contributed by atoms with Gasteiger partial charge in [-0.2, -0.15) is 0 Å². The third-order valence-electron chi connectivity index (χ3n) is 2.88. The highest BCUT2D eigenvalue weighted by Gasteiger charge is 2.14. The van der Waals surface area contributed by atoms with Crippen LogP contribution in [0.2, 0.25) is 0 Å². The number of hydrogen-bond acceptors (Lipinski definition) is 4. The highest BCUT2D eigenvalue weighted by molar-refractivity contribution is 6.19. The van der Waals surface area contributed by atoms with Crippen molar-refractivity contribution in [2.24, 2.45) is 0 Å². The van der Waals surface area contributed by atoms with Gasteiger partial charge in [0.2, 0.25) is 0 Å². The minimum absolute atomic E-state index is 0.403. The van der Waals surface area contributed by atoms with Crippen LogP contribution < -0.4 is 9.47 Å². The fraction of sp³-hybridized carbons (Fsp3) is 0.562. The Bertz CT molecular complexity index is 454. The Morgan fingerprint density at radius 1 is 1.23 bits per heavy atom. The molecule has 0 N–H and O–H groups in total. The summed E-state index contributed by atoms with van der Waals surface area (Å²) in [6.07, 6.45) is 0.291. The second-order valence-corrected chi connectivity index (χ2v) is 5.20. The summed E-state index contributed by atoms with van der Waals surface area (Å²) in [7, 11) is 0. The van der Waals surface area contributed by atoms with E-state index in [4.69, 9.17) is 25.8 Å². The molecular formula is C16H24ClNO4. The van der Waals surface area contributed by atoms with Crippen LogP contribution in [0.4, 0.5) is 4.79 Å². The van der Waals surface area contributed by atoms with Crippen molar-refractivity contribution in [1.82, 2.24) is 4.90 Å². The zero-order chi connectivity index (χ0) is 16.4. The summed E-state index contributed by atoms with van der Waals surface area (Å²) in [6, 6.07) is 7.54. The Morgan fingerprint density at radius 3 is 2.41 bits per heavy atom. The van der Waals surface area contributed by atoms with Gasteiger partial charge in [-0.05, 0) is 39.3 Å².